The SMILES string of the molecule is CCN(C(=O)c1cccc(N2C(=O)C(C)CS2(=O)=O)c1)C1CCS(=O)(=O)C1. The minimum absolute atomic E-state index is 0.0555. The van der Waals surface area contributed by atoms with Crippen molar-refractivity contribution in [3.8, 4) is 0 Å². The van der Waals surface area contributed by atoms with Gasteiger partial charge in [0.15, 0.2) is 9.84 Å². The summed E-state index contributed by atoms with van der Waals surface area (Å²) in [5.41, 5.74) is 0.353. The molecule has 10 heteroatoms. The van der Waals surface area contributed by atoms with Crippen molar-refractivity contribution in [3.63, 3.8) is 0 Å². The minimum atomic E-state index is -3.76. The third kappa shape index (κ3) is 3.73. The van der Waals surface area contributed by atoms with Gasteiger partial charge in [-0.1, -0.05) is 13.0 Å². The molecule has 2 amide bonds. The number of carbonyl (C=O) groups excluding carboxylic acids is 2. The second kappa shape index (κ2) is 6.90. The first-order chi connectivity index (χ1) is 12.6. The van der Waals surface area contributed by atoms with Crippen LogP contribution in [0.5, 0.6) is 0 Å². The highest BCUT2D eigenvalue weighted by molar-refractivity contribution is 7.94. The van der Waals surface area contributed by atoms with Gasteiger partial charge in [-0.05, 0) is 31.5 Å². The van der Waals surface area contributed by atoms with Gasteiger partial charge in [0, 0.05) is 18.2 Å². The Labute approximate surface area is 159 Å². The first-order valence-electron chi connectivity index (χ1n) is 8.74. The Hall–Kier alpha value is -1.94. The van der Waals surface area contributed by atoms with E-state index in [2.05, 4.69) is 0 Å². The molecule has 2 saturated heterocycles. The third-order valence-corrected chi connectivity index (χ3v) is 8.56. The molecule has 3 rings (SSSR count). The first kappa shape index (κ1) is 19.8. The van der Waals surface area contributed by atoms with Gasteiger partial charge in [0.2, 0.25) is 15.9 Å². The van der Waals surface area contributed by atoms with Crippen LogP contribution >= 0.6 is 0 Å². The maximum atomic E-state index is 12.9. The van der Waals surface area contributed by atoms with Gasteiger partial charge in [0.05, 0.1) is 28.9 Å². The smallest absolute Gasteiger partial charge is 0.254 e. The number of sulfone groups is 1. The molecule has 1 aromatic rings. The van der Waals surface area contributed by atoms with Crippen molar-refractivity contribution in [2.24, 2.45) is 5.92 Å². The number of sulfonamides is 1. The number of hydrogen-bond donors (Lipinski definition) is 0. The maximum Gasteiger partial charge on any atom is 0.254 e. The lowest BCUT2D eigenvalue weighted by molar-refractivity contribution is -0.119. The Balaban J connectivity index is 1.91. The molecule has 148 valence electrons. The number of carbonyl (C=O) groups is 2. The monoisotopic (exact) mass is 414 g/mol. The van der Waals surface area contributed by atoms with Crippen molar-refractivity contribution in [1.82, 2.24) is 4.90 Å². The van der Waals surface area contributed by atoms with E-state index in [0.29, 0.717) is 13.0 Å². The maximum absolute atomic E-state index is 12.9. The topological polar surface area (TPSA) is 109 Å². The van der Waals surface area contributed by atoms with Gasteiger partial charge in [0.25, 0.3) is 5.91 Å². The number of amides is 2. The zero-order chi connectivity index (χ0) is 20.0. The third-order valence-electron chi connectivity index (χ3n) is 4.94. The van der Waals surface area contributed by atoms with E-state index in [9.17, 15) is 26.4 Å². The predicted molar refractivity (Wildman–Crippen MR) is 101 cm³/mol. The van der Waals surface area contributed by atoms with Gasteiger partial charge in [-0.2, -0.15) is 0 Å². The molecular formula is C17H22N2O6S2. The van der Waals surface area contributed by atoms with Crippen molar-refractivity contribution in [2.75, 3.05) is 28.1 Å². The lowest BCUT2D eigenvalue weighted by Crippen LogP contribution is -2.41. The molecule has 0 saturated carbocycles. The molecule has 1 aromatic carbocycles. The van der Waals surface area contributed by atoms with Crippen LogP contribution in [-0.4, -0.2) is 63.4 Å². The highest BCUT2D eigenvalue weighted by atomic mass is 32.2. The van der Waals surface area contributed by atoms with Crippen LogP contribution in [0.2, 0.25) is 0 Å². The van der Waals surface area contributed by atoms with E-state index in [-0.39, 0.29) is 34.4 Å². The lowest BCUT2D eigenvalue weighted by atomic mass is 10.1. The predicted octanol–water partition coefficient (Wildman–Crippen LogP) is 0.648. The van der Waals surface area contributed by atoms with Gasteiger partial charge in [-0.3, -0.25) is 9.59 Å². The van der Waals surface area contributed by atoms with Gasteiger partial charge in [0.1, 0.15) is 0 Å². The number of nitrogens with zero attached hydrogens (tertiary/aromatic N) is 2. The minimum Gasteiger partial charge on any atom is -0.335 e. The summed E-state index contributed by atoms with van der Waals surface area (Å²) < 4.78 is 48.8. The number of hydrogen-bond acceptors (Lipinski definition) is 6. The fraction of sp³-hybridized carbons (Fsp3) is 0.529. The average molecular weight is 415 g/mol. The van der Waals surface area contributed by atoms with Crippen LogP contribution in [-0.2, 0) is 24.7 Å². The highest BCUT2D eigenvalue weighted by Gasteiger charge is 2.42. The van der Waals surface area contributed by atoms with Crippen LogP contribution in [0, 0.1) is 5.92 Å². The molecule has 2 unspecified atom stereocenters. The summed E-state index contributed by atoms with van der Waals surface area (Å²) in [6.45, 7) is 3.65. The van der Waals surface area contributed by atoms with Crippen LogP contribution in [0.3, 0.4) is 0 Å². The Morgan fingerprint density at radius 1 is 1.22 bits per heavy atom. The van der Waals surface area contributed by atoms with Crippen LogP contribution in [0.15, 0.2) is 24.3 Å². The summed E-state index contributed by atoms with van der Waals surface area (Å²) in [5, 5.41) is 0. The normalized spacial score (nSPS) is 26.3. The van der Waals surface area contributed by atoms with Crippen molar-refractivity contribution in [2.45, 2.75) is 26.3 Å². The van der Waals surface area contributed by atoms with E-state index in [1.165, 1.54) is 29.2 Å². The zero-order valence-electron chi connectivity index (χ0n) is 15.2. The van der Waals surface area contributed by atoms with E-state index < -0.39 is 37.7 Å². The van der Waals surface area contributed by atoms with Gasteiger partial charge in [-0.25, -0.2) is 21.1 Å². The molecular weight excluding hydrogens is 392 g/mol. The second-order valence-electron chi connectivity index (χ2n) is 6.98. The fourth-order valence-corrected chi connectivity index (χ4v) is 7.15. The van der Waals surface area contributed by atoms with Crippen LogP contribution in [0.25, 0.3) is 0 Å². The van der Waals surface area contributed by atoms with Crippen molar-refractivity contribution < 1.29 is 26.4 Å². The summed E-state index contributed by atoms with van der Waals surface area (Å²) in [4.78, 5) is 26.7. The Morgan fingerprint density at radius 2 is 1.93 bits per heavy atom. The molecule has 2 aliphatic heterocycles. The molecule has 0 N–H and O–H groups in total. The van der Waals surface area contributed by atoms with Crippen molar-refractivity contribution in [1.29, 1.82) is 0 Å². The highest BCUT2D eigenvalue weighted by Crippen LogP contribution is 2.29. The molecule has 8 nitrogen and oxygen atoms in total. The Kier molecular flexibility index (Phi) is 5.06. The molecule has 0 aliphatic carbocycles. The molecule has 2 fully saturated rings. The summed E-state index contributed by atoms with van der Waals surface area (Å²) in [6, 6.07) is 5.51. The molecule has 0 radical (unpaired) electrons. The number of benzene rings is 1. The van der Waals surface area contributed by atoms with Gasteiger partial charge in [-0.15, -0.1) is 0 Å². The van der Waals surface area contributed by atoms with E-state index >= 15 is 0 Å². The quantitative estimate of drug-likeness (QED) is 0.716. The number of anilines is 1. The summed E-state index contributed by atoms with van der Waals surface area (Å²) in [7, 11) is -6.90. The van der Waals surface area contributed by atoms with E-state index in [1.54, 1.807) is 13.8 Å². The van der Waals surface area contributed by atoms with E-state index in [0.717, 1.165) is 4.31 Å². The molecule has 2 atom stereocenters. The molecule has 0 spiro atoms. The van der Waals surface area contributed by atoms with E-state index in [1.807, 2.05) is 0 Å². The fourth-order valence-electron chi connectivity index (χ4n) is 3.61. The summed E-state index contributed by atoms with van der Waals surface area (Å²) in [5.74, 6) is -1.80. The summed E-state index contributed by atoms with van der Waals surface area (Å²) in [6.07, 6.45) is 0.387. The Morgan fingerprint density at radius 3 is 2.44 bits per heavy atom. The number of rotatable bonds is 4. The molecule has 2 aliphatic rings. The van der Waals surface area contributed by atoms with Crippen LogP contribution < -0.4 is 4.31 Å². The lowest BCUT2D eigenvalue weighted by Gasteiger charge is -2.27. The van der Waals surface area contributed by atoms with Gasteiger partial charge >= 0.3 is 0 Å². The van der Waals surface area contributed by atoms with Crippen molar-refractivity contribution in [3.05, 3.63) is 29.8 Å². The second-order valence-corrected chi connectivity index (χ2v) is 11.1. The molecule has 27 heavy (non-hydrogen) atoms. The molecule has 0 aromatic heterocycles. The largest absolute Gasteiger partial charge is 0.335 e. The van der Waals surface area contributed by atoms with Gasteiger partial charge < -0.3 is 4.90 Å². The first-order valence-corrected chi connectivity index (χ1v) is 12.2. The Bertz CT molecular complexity index is 986. The van der Waals surface area contributed by atoms with Crippen LogP contribution in [0.4, 0.5) is 5.69 Å². The molecule has 0 bridgehead atoms. The zero-order valence-corrected chi connectivity index (χ0v) is 16.8. The average Bonchev–Trinajstić information content (AvgIpc) is 3.04. The summed E-state index contributed by atoms with van der Waals surface area (Å²) >= 11 is 0. The molecule has 2 heterocycles. The standard InChI is InChI=1S/C17H22N2O6S2/c1-3-18(15-7-8-26(22,23)11-15)17(21)13-5-4-6-14(9-13)19-16(20)12(2)10-27(19,24)25/h4-6,9,12,15H,3,7-8,10-11H2,1-2H3. The van der Waals surface area contributed by atoms with Crippen molar-refractivity contribution >= 4 is 37.4 Å². The van der Waals surface area contributed by atoms with Crippen LogP contribution in [0.1, 0.15) is 30.6 Å². The van der Waals surface area contributed by atoms with E-state index in [4.69, 9.17) is 0 Å².